The van der Waals surface area contributed by atoms with Crippen LogP contribution < -0.4 is 0 Å². The van der Waals surface area contributed by atoms with E-state index in [0.717, 1.165) is 55.9 Å². The molecular weight excluding hydrogens is 514 g/mol. The fraction of sp³-hybridized carbons (Fsp3) is 0. The second-order valence-electron chi connectivity index (χ2n) is 9.88. The molecule has 0 spiro atoms. The van der Waals surface area contributed by atoms with Gasteiger partial charge in [0.25, 0.3) is 0 Å². The van der Waals surface area contributed by atoms with Crippen LogP contribution in [-0.2, 0) is 0 Å². The summed E-state index contributed by atoms with van der Waals surface area (Å²) in [5, 5.41) is 0. The molecule has 198 valence electrons. The van der Waals surface area contributed by atoms with Crippen molar-refractivity contribution in [3.05, 3.63) is 152 Å². The van der Waals surface area contributed by atoms with Gasteiger partial charge in [-0.05, 0) is 58.7 Å². The van der Waals surface area contributed by atoms with Crippen molar-refractivity contribution < 1.29 is 0 Å². The van der Waals surface area contributed by atoms with Crippen molar-refractivity contribution in [1.82, 2.24) is 24.9 Å². The van der Waals surface area contributed by atoms with Gasteiger partial charge >= 0.3 is 0 Å². The van der Waals surface area contributed by atoms with Crippen molar-refractivity contribution in [2.24, 2.45) is 0 Å². The van der Waals surface area contributed by atoms with E-state index in [-0.39, 0.29) is 0 Å². The summed E-state index contributed by atoms with van der Waals surface area (Å²) >= 11 is 0. The molecule has 7 aromatic rings. The summed E-state index contributed by atoms with van der Waals surface area (Å²) < 4.78 is 0. The van der Waals surface area contributed by atoms with Gasteiger partial charge in [0.2, 0.25) is 0 Å². The third kappa shape index (κ3) is 5.31. The zero-order valence-corrected chi connectivity index (χ0v) is 22.7. The Morgan fingerprint density at radius 2 is 0.738 bits per heavy atom. The van der Waals surface area contributed by atoms with Gasteiger partial charge in [-0.1, -0.05) is 97.1 Å². The Morgan fingerprint density at radius 3 is 1.17 bits per heavy atom. The molecule has 5 heteroatoms. The molecule has 4 aromatic carbocycles. The summed E-state index contributed by atoms with van der Waals surface area (Å²) in [7, 11) is 0. The average Bonchev–Trinajstić information content (AvgIpc) is 3.09. The highest BCUT2D eigenvalue weighted by Crippen LogP contribution is 2.29. The quantitative estimate of drug-likeness (QED) is 0.212. The van der Waals surface area contributed by atoms with E-state index in [0.29, 0.717) is 11.6 Å². The van der Waals surface area contributed by atoms with Crippen LogP contribution in [0.3, 0.4) is 0 Å². The van der Waals surface area contributed by atoms with Crippen LogP contribution in [0.2, 0.25) is 0 Å². The molecular formula is C37H25N5. The molecule has 0 amide bonds. The topological polar surface area (TPSA) is 64.5 Å². The maximum absolute atomic E-state index is 4.85. The van der Waals surface area contributed by atoms with Crippen molar-refractivity contribution in [3.63, 3.8) is 0 Å². The molecule has 3 heterocycles. The highest BCUT2D eigenvalue weighted by molar-refractivity contribution is 5.75. The fourth-order valence-electron chi connectivity index (χ4n) is 4.98. The molecule has 0 bridgehead atoms. The van der Waals surface area contributed by atoms with E-state index in [9.17, 15) is 0 Å². The molecule has 0 saturated heterocycles. The summed E-state index contributed by atoms with van der Waals surface area (Å²) in [6.07, 6.45) is 5.21. The van der Waals surface area contributed by atoms with Gasteiger partial charge in [0, 0.05) is 34.6 Å². The molecule has 0 N–H and O–H groups in total. The number of rotatable bonds is 6. The van der Waals surface area contributed by atoms with Crippen LogP contribution in [0.15, 0.2) is 152 Å². The van der Waals surface area contributed by atoms with E-state index in [1.165, 1.54) is 0 Å². The van der Waals surface area contributed by atoms with Gasteiger partial charge in [0.1, 0.15) is 6.33 Å². The molecule has 0 aliphatic heterocycles. The molecule has 0 radical (unpaired) electrons. The monoisotopic (exact) mass is 539 g/mol. The van der Waals surface area contributed by atoms with Crippen molar-refractivity contribution in [1.29, 1.82) is 0 Å². The maximum atomic E-state index is 4.85. The zero-order chi connectivity index (χ0) is 28.1. The number of aromatic nitrogens is 5. The van der Waals surface area contributed by atoms with E-state index in [4.69, 9.17) is 4.98 Å². The Balaban J connectivity index is 1.15. The molecule has 0 fully saturated rings. The first-order chi connectivity index (χ1) is 20.8. The lowest BCUT2D eigenvalue weighted by Crippen LogP contribution is -1.95. The van der Waals surface area contributed by atoms with Crippen LogP contribution in [0, 0.1) is 0 Å². The number of hydrogen-bond donors (Lipinski definition) is 0. The van der Waals surface area contributed by atoms with Gasteiger partial charge in [-0.3, -0.25) is 9.97 Å². The van der Waals surface area contributed by atoms with Gasteiger partial charge in [-0.2, -0.15) is 0 Å². The SMILES string of the molecule is c1ccc(-c2ccc(-c3cccc(-c4ncnc(-c5cccc(-c6ccc(-c7ccccn7)cc6)c5)n4)c3)cc2)nc1. The lowest BCUT2D eigenvalue weighted by molar-refractivity contribution is 1.07. The predicted octanol–water partition coefficient (Wildman–Crippen LogP) is 8.66. The average molecular weight is 540 g/mol. The molecule has 5 nitrogen and oxygen atoms in total. The van der Waals surface area contributed by atoms with Crippen LogP contribution in [-0.4, -0.2) is 24.9 Å². The first-order valence-electron chi connectivity index (χ1n) is 13.7. The highest BCUT2D eigenvalue weighted by atomic mass is 15.0. The Bertz CT molecular complexity index is 1810. The standard InChI is InChI=1S/C37H25N5/c1-3-21-38-34(11-1)28-17-13-26(14-18-28)30-7-5-9-32(23-30)36-40-25-41-37(42-36)33-10-6-8-31(24-33)27-15-19-29(20-16-27)35-12-2-4-22-39-35/h1-25H. The normalized spacial score (nSPS) is 10.9. The summed E-state index contributed by atoms with van der Waals surface area (Å²) in [6.45, 7) is 0. The molecule has 0 aliphatic carbocycles. The Kier molecular flexibility index (Phi) is 6.81. The molecule has 0 unspecified atom stereocenters. The molecule has 42 heavy (non-hydrogen) atoms. The molecule has 7 rings (SSSR count). The van der Waals surface area contributed by atoms with E-state index in [1.807, 2.05) is 73.1 Å². The largest absolute Gasteiger partial charge is 0.256 e. The molecule has 0 aliphatic rings. The Hall–Kier alpha value is -5.81. The van der Waals surface area contributed by atoms with E-state index >= 15 is 0 Å². The van der Waals surface area contributed by atoms with Crippen molar-refractivity contribution in [3.8, 4) is 67.5 Å². The number of benzene rings is 4. The summed E-state index contributed by atoms with van der Waals surface area (Å²) in [6, 6.07) is 45.4. The Morgan fingerprint density at radius 1 is 0.310 bits per heavy atom. The summed E-state index contributed by atoms with van der Waals surface area (Å²) in [5.74, 6) is 1.27. The highest BCUT2D eigenvalue weighted by Gasteiger charge is 2.10. The maximum Gasteiger partial charge on any atom is 0.163 e. The van der Waals surface area contributed by atoms with Crippen LogP contribution in [0.4, 0.5) is 0 Å². The van der Waals surface area contributed by atoms with Gasteiger partial charge in [0.15, 0.2) is 11.6 Å². The summed E-state index contributed by atoms with van der Waals surface area (Å²) in [5.41, 5.74) is 10.4. The third-order valence-electron chi connectivity index (χ3n) is 7.17. The number of pyridine rings is 2. The van der Waals surface area contributed by atoms with Gasteiger partial charge in [0.05, 0.1) is 11.4 Å². The van der Waals surface area contributed by atoms with Crippen molar-refractivity contribution in [2.45, 2.75) is 0 Å². The minimum Gasteiger partial charge on any atom is -0.256 e. The van der Waals surface area contributed by atoms with E-state index in [1.54, 1.807) is 6.33 Å². The summed E-state index contributed by atoms with van der Waals surface area (Å²) in [4.78, 5) is 22.8. The van der Waals surface area contributed by atoms with Crippen molar-refractivity contribution in [2.75, 3.05) is 0 Å². The lowest BCUT2D eigenvalue weighted by atomic mass is 10.00. The minimum atomic E-state index is 0.636. The van der Waals surface area contributed by atoms with Gasteiger partial charge in [-0.15, -0.1) is 0 Å². The van der Waals surface area contributed by atoms with Crippen LogP contribution in [0.5, 0.6) is 0 Å². The van der Waals surface area contributed by atoms with Crippen molar-refractivity contribution >= 4 is 0 Å². The van der Waals surface area contributed by atoms with Gasteiger partial charge < -0.3 is 0 Å². The van der Waals surface area contributed by atoms with Crippen LogP contribution in [0.1, 0.15) is 0 Å². The number of hydrogen-bond acceptors (Lipinski definition) is 5. The minimum absolute atomic E-state index is 0.636. The van der Waals surface area contributed by atoms with Crippen LogP contribution >= 0.6 is 0 Å². The predicted molar refractivity (Wildman–Crippen MR) is 168 cm³/mol. The van der Waals surface area contributed by atoms with Gasteiger partial charge in [-0.25, -0.2) is 15.0 Å². The third-order valence-corrected chi connectivity index (χ3v) is 7.17. The Labute approximate surface area is 244 Å². The lowest BCUT2D eigenvalue weighted by Gasteiger charge is -2.09. The second kappa shape index (κ2) is 11.4. The smallest absolute Gasteiger partial charge is 0.163 e. The number of nitrogens with zero attached hydrogens (tertiary/aromatic N) is 5. The first-order valence-corrected chi connectivity index (χ1v) is 13.7. The molecule has 0 atom stereocenters. The van der Waals surface area contributed by atoms with E-state index < -0.39 is 0 Å². The zero-order valence-electron chi connectivity index (χ0n) is 22.7. The van der Waals surface area contributed by atoms with Crippen LogP contribution in [0.25, 0.3) is 67.5 Å². The molecule has 0 saturated carbocycles. The fourth-order valence-corrected chi connectivity index (χ4v) is 4.98. The second-order valence-corrected chi connectivity index (χ2v) is 9.88. The first kappa shape index (κ1) is 25.2. The van der Waals surface area contributed by atoms with E-state index in [2.05, 4.69) is 92.7 Å². The molecule has 3 aromatic heterocycles.